The topological polar surface area (TPSA) is 343 Å². The Hall–Kier alpha value is -5.75. The largest absolute Gasteiger partial charge is 0.395 e. The second-order valence-corrected chi connectivity index (χ2v) is 25.2. The second kappa shape index (κ2) is 36.3. The predicted octanol–water partition coefficient (Wildman–Crippen LogP) is 2.15. The number of nitrogens with zero attached hydrogens (tertiary/aromatic N) is 2. The van der Waals surface area contributed by atoms with Crippen LogP contribution in [0.4, 0.5) is 0 Å². The molecule has 482 valence electrons. The van der Waals surface area contributed by atoms with Crippen LogP contribution >= 0.6 is 0 Å². The summed E-state index contributed by atoms with van der Waals surface area (Å²) in [5.41, 5.74) is -4.94. The summed E-state index contributed by atoms with van der Waals surface area (Å²) < 4.78 is 0. The molecular weight excluding hydrogens is 1080 g/mol. The highest BCUT2D eigenvalue weighted by atomic mass is 16.3. The molecule has 0 radical (unpaired) electrons. The fourth-order valence-corrected chi connectivity index (χ4v) is 9.69. The van der Waals surface area contributed by atoms with Crippen molar-refractivity contribution in [3.05, 3.63) is 0 Å². The van der Waals surface area contributed by atoms with E-state index in [-0.39, 0.29) is 61.9 Å². The van der Waals surface area contributed by atoms with Gasteiger partial charge in [-0.3, -0.25) is 52.7 Å². The molecule has 1 rings (SSSR count). The maximum absolute atomic E-state index is 14.1. The minimum absolute atomic E-state index is 0.0199. The van der Waals surface area contributed by atoms with Crippen LogP contribution in [0.2, 0.25) is 0 Å². The third-order valence-corrected chi connectivity index (χ3v) is 15.5. The molecule has 0 aliphatic carbocycles. The maximum atomic E-state index is 14.1. The molecule has 0 aromatic heterocycles. The number of amides is 10. The number of rotatable bonds is 39. The number of carbonyl (C=O) groups is 11. The highest BCUT2D eigenvalue weighted by Gasteiger charge is 2.42. The van der Waals surface area contributed by atoms with Crippen molar-refractivity contribution in [2.75, 3.05) is 33.3 Å². The number of aliphatic hydroxyl groups excluding tert-OH is 2. The first kappa shape index (κ1) is 76.3. The van der Waals surface area contributed by atoms with Crippen molar-refractivity contribution in [3.63, 3.8) is 0 Å². The zero-order valence-corrected chi connectivity index (χ0v) is 53.9. The number of hydrogen-bond acceptors (Lipinski definition) is 14. The number of unbranched alkanes of at least 4 members (excludes halogenated alkanes) is 5. The van der Waals surface area contributed by atoms with E-state index in [2.05, 4.69) is 54.8 Å². The molecule has 0 aromatic rings. The van der Waals surface area contributed by atoms with Crippen molar-refractivity contribution < 1.29 is 63.0 Å². The van der Waals surface area contributed by atoms with Crippen LogP contribution in [0.1, 0.15) is 201 Å². The molecule has 0 aromatic carbocycles. The molecule has 24 nitrogen and oxygen atoms in total. The van der Waals surface area contributed by atoms with E-state index in [1.165, 1.54) is 68.7 Å². The number of carbonyl (C=O) groups excluding carboxylic acids is 11. The number of likely N-dealkylation sites (tertiary alicyclic amines) is 1. The van der Waals surface area contributed by atoms with Crippen LogP contribution in [0.5, 0.6) is 0 Å². The van der Waals surface area contributed by atoms with Gasteiger partial charge in [0.2, 0.25) is 59.1 Å². The van der Waals surface area contributed by atoms with Crippen LogP contribution in [0, 0.1) is 17.8 Å². The number of Topliss-reactive ketones (excluding diaryl/α,β-unsaturated/α-hetero) is 1. The van der Waals surface area contributed by atoms with E-state index in [0.29, 0.717) is 45.3 Å². The Kier molecular flexibility index (Phi) is 32.9. The summed E-state index contributed by atoms with van der Waals surface area (Å²) >= 11 is 0. The van der Waals surface area contributed by atoms with E-state index in [0.717, 1.165) is 32.1 Å². The lowest BCUT2D eigenvalue weighted by Crippen LogP contribution is -2.66. The number of hydrogen-bond donors (Lipinski definition) is 11. The zero-order valence-electron chi connectivity index (χ0n) is 53.9. The highest BCUT2D eigenvalue weighted by molar-refractivity contribution is 6.00. The van der Waals surface area contributed by atoms with Gasteiger partial charge in [0.05, 0.1) is 12.7 Å². The summed E-state index contributed by atoms with van der Waals surface area (Å²) in [6.45, 7) is 26.7. The van der Waals surface area contributed by atoms with Gasteiger partial charge in [0.15, 0.2) is 0 Å². The van der Waals surface area contributed by atoms with Crippen LogP contribution in [-0.2, 0) is 52.7 Å². The Morgan fingerprint density at radius 1 is 0.607 bits per heavy atom. The van der Waals surface area contributed by atoms with Crippen molar-refractivity contribution in [2.45, 2.75) is 266 Å². The van der Waals surface area contributed by atoms with Gasteiger partial charge in [-0.25, -0.2) is 0 Å². The predicted molar refractivity (Wildman–Crippen MR) is 321 cm³/mol. The molecule has 1 unspecified atom stereocenters. The number of ketones is 1. The SMILES string of the molecule is CCCCCCCC[C@@H](C)C(=O)N1CCC[C@H]1C(=O)N[C@@H](C[C@H](C)C[C@H](O)CC(=O)CC)C(=O)N[C@@H](C)C(=O)NC(C)(C)C(=O)NC(C)(C)C(=O)N[C@H](C(=O)N[C@@H](C)C(=O)NC(C)(C)C(=O)NC(C)C(=O)N[C@@H](C)CN(C)CCO)[C@@H](C)CC. The van der Waals surface area contributed by atoms with Gasteiger partial charge in [0.1, 0.15) is 58.7 Å². The minimum atomic E-state index is -1.70. The van der Waals surface area contributed by atoms with Crippen molar-refractivity contribution in [1.82, 2.24) is 57.7 Å². The minimum Gasteiger partial charge on any atom is -0.395 e. The molecule has 0 saturated carbocycles. The molecular formula is C60H109N11O13. The Morgan fingerprint density at radius 3 is 1.69 bits per heavy atom. The molecule has 1 saturated heterocycles. The van der Waals surface area contributed by atoms with Crippen molar-refractivity contribution in [2.24, 2.45) is 17.8 Å². The average Bonchev–Trinajstić information content (AvgIpc) is 4.04. The van der Waals surface area contributed by atoms with Gasteiger partial charge in [0.25, 0.3) is 0 Å². The number of nitrogens with one attached hydrogen (secondary N) is 9. The molecule has 11 N–H and O–H groups in total. The molecule has 1 aliphatic rings. The summed E-state index contributed by atoms with van der Waals surface area (Å²) in [5, 5.41) is 43.9. The quantitative estimate of drug-likeness (QED) is 0.0393. The Morgan fingerprint density at radius 2 is 1.13 bits per heavy atom. The molecule has 1 fully saturated rings. The maximum Gasteiger partial charge on any atom is 0.246 e. The summed E-state index contributed by atoms with van der Waals surface area (Å²) in [5.74, 6) is -7.64. The van der Waals surface area contributed by atoms with Crippen molar-refractivity contribution >= 4 is 64.9 Å². The fourth-order valence-electron chi connectivity index (χ4n) is 9.69. The number of likely N-dealkylation sites (N-methyl/N-ethyl adjacent to an activating group) is 1. The van der Waals surface area contributed by atoms with E-state index < -0.39 is 118 Å². The lowest BCUT2D eigenvalue weighted by molar-refractivity contribution is -0.142. The average molecular weight is 1190 g/mol. The lowest BCUT2D eigenvalue weighted by atomic mass is 9.92. The Balaban J connectivity index is 3.12. The Labute approximate surface area is 500 Å². The molecule has 1 heterocycles. The van der Waals surface area contributed by atoms with Crippen LogP contribution in [0.3, 0.4) is 0 Å². The van der Waals surface area contributed by atoms with Gasteiger partial charge in [-0.1, -0.05) is 86.5 Å². The standard InChI is InChI=1S/C60H109N11O13/c1-18-21-22-23-24-25-27-38(6)54(81)71-29-26-28-46(71)52(79)65-45(33-36(4)32-44(74)34-43(73)20-3)51(78)62-41(9)49(76)68-60(15,16)57(84)69-59(13,14)56(83)66-47(37(5)19-2)53(80)63-42(10)50(77)67-58(11,12)55(82)64-40(8)48(75)61-39(7)35-70(17)30-31-72/h36-42,44-47,72,74H,18-35H2,1-17H3,(H,61,75)(H,62,78)(H,63,80)(H,64,82)(H,65,79)(H,66,83)(H,67,77)(H,68,76)(H,69,84)/t36-,37+,38-,39+,40?,41+,42+,44+,45+,46+,47+/m1/s1. The normalized spacial score (nSPS) is 17.3. The van der Waals surface area contributed by atoms with Gasteiger partial charge in [-0.05, 0) is 120 Å². The van der Waals surface area contributed by atoms with Crippen LogP contribution in [0.25, 0.3) is 0 Å². The van der Waals surface area contributed by atoms with Crippen LogP contribution < -0.4 is 47.9 Å². The lowest BCUT2D eigenvalue weighted by Gasteiger charge is -2.34. The van der Waals surface area contributed by atoms with E-state index in [1.54, 1.807) is 46.6 Å². The van der Waals surface area contributed by atoms with Gasteiger partial charge >= 0.3 is 0 Å². The molecule has 84 heavy (non-hydrogen) atoms. The zero-order chi connectivity index (χ0) is 64.4. The fraction of sp³-hybridized carbons (Fsp3) is 0.817. The molecule has 11 atom stereocenters. The summed E-state index contributed by atoms with van der Waals surface area (Å²) in [6.07, 6.45) is 7.96. The van der Waals surface area contributed by atoms with E-state index >= 15 is 0 Å². The van der Waals surface area contributed by atoms with E-state index in [9.17, 15) is 57.8 Å². The van der Waals surface area contributed by atoms with Crippen LogP contribution in [0.15, 0.2) is 0 Å². The molecule has 10 amide bonds. The smallest absolute Gasteiger partial charge is 0.246 e. The van der Waals surface area contributed by atoms with Gasteiger partial charge < -0.3 is 67.9 Å². The molecule has 0 spiro atoms. The Bertz CT molecular complexity index is 2210. The third kappa shape index (κ3) is 26.3. The van der Waals surface area contributed by atoms with Crippen molar-refractivity contribution in [1.29, 1.82) is 0 Å². The second-order valence-electron chi connectivity index (χ2n) is 25.2. The van der Waals surface area contributed by atoms with Gasteiger partial charge in [0, 0.05) is 44.4 Å². The summed E-state index contributed by atoms with van der Waals surface area (Å²) in [7, 11) is 1.79. The van der Waals surface area contributed by atoms with Crippen LogP contribution in [-0.4, -0.2) is 183 Å². The van der Waals surface area contributed by atoms with Crippen molar-refractivity contribution in [3.8, 4) is 0 Å². The van der Waals surface area contributed by atoms with Gasteiger partial charge in [-0.15, -0.1) is 0 Å². The molecule has 0 bridgehead atoms. The first-order valence-corrected chi connectivity index (χ1v) is 30.6. The molecule has 1 aliphatic heterocycles. The van der Waals surface area contributed by atoms with E-state index in [4.69, 9.17) is 5.11 Å². The summed E-state index contributed by atoms with van der Waals surface area (Å²) in [4.78, 5) is 152. The highest BCUT2D eigenvalue weighted by Crippen LogP contribution is 2.24. The number of aliphatic hydroxyl groups is 2. The van der Waals surface area contributed by atoms with E-state index in [1.807, 2.05) is 11.8 Å². The monoisotopic (exact) mass is 1190 g/mol. The van der Waals surface area contributed by atoms with Gasteiger partial charge in [-0.2, -0.15) is 0 Å². The summed E-state index contributed by atoms with van der Waals surface area (Å²) in [6, 6.07) is -6.99. The first-order valence-electron chi connectivity index (χ1n) is 30.6. The molecule has 24 heteroatoms. The first-order chi connectivity index (χ1) is 39.0. The third-order valence-electron chi connectivity index (χ3n) is 15.5.